The maximum atomic E-state index is 10.3. The summed E-state index contributed by atoms with van der Waals surface area (Å²) >= 11 is 0. The number of imidazole rings is 1. The van der Waals surface area contributed by atoms with Crippen LogP contribution in [0.3, 0.4) is 0 Å². The molecule has 0 saturated carbocycles. The summed E-state index contributed by atoms with van der Waals surface area (Å²) in [5.41, 5.74) is 4.33. The second kappa shape index (κ2) is 8.99. The summed E-state index contributed by atoms with van der Waals surface area (Å²) in [5.74, 6) is 0.124. The average Bonchev–Trinajstić information content (AvgIpc) is 3.02. The molecule has 0 atom stereocenters. The Morgan fingerprint density at radius 3 is 2.63 bits per heavy atom. The molecule has 3 aromatic rings. The second-order valence-electron chi connectivity index (χ2n) is 7.77. The van der Waals surface area contributed by atoms with Crippen molar-refractivity contribution in [1.29, 1.82) is 5.41 Å². The van der Waals surface area contributed by atoms with Gasteiger partial charge in [-0.05, 0) is 43.2 Å². The van der Waals surface area contributed by atoms with Crippen LogP contribution in [-0.2, 0) is 24.4 Å². The average molecular weight is 412 g/mol. The van der Waals surface area contributed by atoms with E-state index in [-0.39, 0.29) is 12.4 Å². The molecule has 1 aliphatic heterocycles. The molecule has 160 valence electrons. The van der Waals surface area contributed by atoms with Gasteiger partial charge in [0.2, 0.25) is 5.62 Å². The van der Waals surface area contributed by atoms with Crippen molar-refractivity contribution >= 4 is 11.0 Å². The SMILES string of the molecule is Cc1ccc(O)c(Cn2c(=N)n(CCCN3CCOCC3)c3ccc(CO)cc32)n1. The van der Waals surface area contributed by atoms with Gasteiger partial charge in [0.25, 0.3) is 0 Å². The van der Waals surface area contributed by atoms with E-state index in [1.165, 1.54) is 0 Å². The molecular formula is C22H29N5O3. The van der Waals surface area contributed by atoms with Crippen LogP contribution in [0.15, 0.2) is 30.3 Å². The van der Waals surface area contributed by atoms with Gasteiger partial charge in [-0.3, -0.25) is 15.3 Å². The first kappa shape index (κ1) is 20.6. The highest BCUT2D eigenvalue weighted by Gasteiger charge is 2.15. The molecule has 8 nitrogen and oxygen atoms in total. The summed E-state index contributed by atoms with van der Waals surface area (Å²) in [7, 11) is 0. The summed E-state index contributed by atoms with van der Waals surface area (Å²) in [6.45, 7) is 7.31. The van der Waals surface area contributed by atoms with Crippen LogP contribution >= 0.6 is 0 Å². The maximum Gasteiger partial charge on any atom is 0.203 e. The number of ether oxygens (including phenoxy) is 1. The van der Waals surface area contributed by atoms with Gasteiger partial charge < -0.3 is 24.1 Å². The van der Waals surface area contributed by atoms with Gasteiger partial charge in [-0.15, -0.1) is 0 Å². The van der Waals surface area contributed by atoms with Crippen LogP contribution in [0, 0.1) is 12.3 Å². The van der Waals surface area contributed by atoms with E-state index in [0.717, 1.165) is 68.1 Å². The Labute approximate surface area is 175 Å². The van der Waals surface area contributed by atoms with Gasteiger partial charge in [0.15, 0.2) is 0 Å². The number of hydrogen-bond donors (Lipinski definition) is 3. The summed E-state index contributed by atoms with van der Waals surface area (Å²) in [4.78, 5) is 6.85. The lowest BCUT2D eigenvalue weighted by atomic mass is 10.2. The minimum atomic E-state index is -0.0561. The molecule has 0 radical (unpaired) electrons. The largest absolute Gasteiger partial charge is 0.506 e. The number of aryl methyl sites for hydroxylation is 2. The van der Waals surface area contributed by atoms with Crippen molar-refractivity contribution in [1.82, 2.24) is 19.0 Å². The van der Waals surface area contributed by atoms with Gasteiger partial charge in [-0.25, -0.2) is 0 Å². The standard InChI is InChI=1S/C22H29N5O3/c1-16-3-6-21(29)18(24-16)14-27-20-13-17(15-28)4-5-19(20)26(22(27)23)8-2-7-25-9-11-30-12-10-25/h3-6,13,23,28-29H,2,7-12,14-15H2,1H3. The van der Waals surface area contributed by atoms with Gasteiger partial charge in [0, 0.05) is 31.9 Å². The number of nitrogens with zero attached hydrogens (tertiary/aromatic N) is 4. The topological polar surface area (TPSA) is 99.5 Å². The number of rotatable bonds is 7. The molecule has 1 aliphatic rings. The molecule has 8 heteroatoms. The number of benzene rings is 1. The number of aliphatic hydroxyl groups is 1. The summed E-state index contributed by atoms with van der Waals surface area (Å²) in [6.07, 6.45) is 0.936. The zero-order valence-electron chi connectivity index (χ0n) is 17.3. The van der Waals surface area contributed by atoms with Crippen LogP contribution in [0.4, 0.5) is 0 Å². The van der Waals surface area contributed by atoms with Gasteiger partial charge in [0.05, 0.1) is 37.4 Å². The minimum Gasteiger partial charge on any atom is -0.506 e. The maximum absolute atomic E-state index is 10.3. The first-order valence-corrected chi connectivity index (χ1v) is 10.4. The third kappa shape index (κ3) is 4.26. The highest BCUT2D eigenvalue weighted by molar-refractivity contribution is 5.77. The number of aromatic hydroxyl groups is 1. The first-order chi connectivity index (χ1) is 14.6. The normalized spacial score (nSPS) is 15.1. The van der Waals surface area contributed by atoms with Crippen molar-refractivity contribution in [3.63, 3.8) is 0 Å². The molecule has 4 rings (SSSR count). The molecule has 1 saturated heterocycles. The second-order valence-corrected chi connectivity index (χ2v) is 7.77. The van der Waals surface area contributed by atoms with Crippen LogP contribution in [0.1, 0.15) is 23.4 Å². The van der Waals surface area contributed by atoms with Gasteiger partial charge in [-0.1, -0.05) is 6.07 Å². The van der Waals surface area contributed by atoms with E-state index in [2.05, 4.69) is 9.88 Å². The van der Waals surface area contributed by atoms with Gasteiger partial charge >= 0.3 is 0 Å². The summed E-state index contributed by atoms with van der Waals surface area (Å²) < 4.78 is 9.27. The van der Waals surface area contributed by atoms with E-state index in [0.29, 0.717) is 17.9 Å². The predicted octanol–water partition coefficient (Wildman–Crippen LogP) is 1.59. The van der Waals surface area contributed by atoms with E-state index >= 15 is 0 Å². The summed E-state index contributed by atoms with van der Waals surface area (Å²) in [6, 6.07) is 9.19. The highest BCUT2D eigenvalue weighted by Crippen LogP contribution is 2.21. The molecule has 0 amide bonds. The van der Waals surface area contributed by atoms with E-state index in [1.807, 2.05) is 34.3 Å². The lowest BCUT2D eigenvalue weighted by Crippen LogP contribution is -2.37. The predicted molar refractivity (Wildman–Crippen MR) is 113 cm³/mol. The molecule has 0 bridgehead atoms. The fraction of sp³-hybridized carbons (Fsp3) is 0.455. The van der Waals surface area contributed by atoms with Crippen LogP contribution in [-0.4, -0.2) is 62.1 Å². The zero-order chi connectivity index (χ0) is 21.1. The zero-order valence-corrected chi connectivity index (χ0v) is 17.3. The number of aliphatic hydroxyl groups excluding tert-OH is 1. The quantitative estimate of drug-likeness (QED) is 0.548. The molecule has 0 spiro atoms. The number of nitrogens with one attached hydrogen (secondary N) is 1. The molecule has 3 N–H and O–H groups in total. The third-order valence-electron chi connectivity index (χ3n) is 5.67. The van der Waals surface area contributed by atoms with Crippen molar-refractivity contribution in [2.75, 3.05) is 32.8 Å². The number of fused-ring (bicyclic) bond motifs is 1. The van der Waals surface area contributed by atoms with Gasteiger partial charge in [0.1, 0.15) is 11.4 Å². The highest BCUT2D eigenvalue weighted by atomic mass is 16.5. The lowest BCUT2D eigenvalue weighted by molar-refractivity contribution is 0.0369. The van der Waals surface area contributed by atoms with Gasteiger partial charge in [-0.2, -0.15) is 0 Å². The Bertz CT molecular complexity index is 1080. The molecule has 3 heterocycles. The van der Waals surface area contributed by atoms with Crippen molar-refractivity contribution in [3.8, 4) is 5.75 Å². The van der Waals surface area contributed by atoms with E-state index in [4.69, 9.17) is 10.1 Å². The molecule has 30 heavy (non-hydrogen) atoms. The van der Waals surface area contributed by atoms with Crippen molar-refractivity contribution in [3.05, 3.63) is 52.9 Å². The third-order valence-corrected chi connectivity index (χ3v) is 5.67. The Kier molecular flexibility index (Phi) is 6.17. The molecule has 1 aromatic carbocycles. The Balaban J connectivity index is 1.65. The molecular weight excluding hydrogens is 382 g/mol. The van der Waals surface area contributed by atoms with Crippen molar-refractivity contribution in [2.45, 2.75) is 33.0 Å². The monoisotopic (exact) mass is 411 g/mol. The number of hydrogen-bond acceptors (Lipinski definition) is 6. The number of pyridine rings is 1. The Morgan fingerprint density at radius 2 is 1.87 bits per heavy atom. The van der Waals surface area contributed by atoms with Crippen LogP contribution in [0.5, 0.6) is 5.75 Å². The number of aromatic nitrogens is 3. The summed E-state index contributed by atoms with van der Waals surface area (Å²) in [5, 5.41) is 28.7. The van der Waals surface area contributed by atoms with Crippen LogP contribution in [0.2, 0.25) is 0 Å². The van der Waals surface area contributed by atoms with Crippen LogP contribution in [0.25, 0.3) is 11.0 Å². The minimum absolute atomic E-state index is 0.0561. The molecule has 0 aliphatic carbocycles. The molecule has 0 unspecified atom stereocenters. The Morgan fingerprint density at radius 1 is 1.07 bits per heavy atom. The first-order valence-electron chi connectivity index (χ1n) is 10.4. The fourth-order valence-electron chi connectivity index (χ4n) is 4.02. The Hall–Kier alpha value is -2.68. The smallest absolute Gasteiger partial charge is 0.203 e. The number of morpholine rings is 1. The lowest BCUT2D eigenvalue weighted by Gasteiger charge is -2.26. The molecule has 1 fully saturated rings. The van der Waals surface area contributed by atoms with E-state index in [1.54, 1.807) is 12.1 Å². The van der Waals surface area contributed by atoms with E-state index in [9.17, 15) is 10.2 Å². The fourth-order valence-corrected chi connectivity index (χ4v) is 4.02. The van der Waals surface area contributed by atoms with Crippen molar-refractivity contribution in [2.24, 2.45) is 0 Å². The van der Waals surface area contributed by atoms with Crippen LogP contribution < -0.4 is 5.62 Å². The molecule has 2 aromatic heterocycles. The van der Waals surface area contributed by atoms with E-state index < -0.39 is 0 Å². The van der Waals surface area contributed by atoms with Crippen molar-refractivity contribution < 1.29 is 14.9 Å².